The largest absolute Gasteiger partial charge is 0.490 e. The zero-order chi connectivity index (χ0) is 13.9. The van der Waals surface area contributed by atoms with Crippen molar-refractivity contribution in [2.75, 3.05) is 19.8 Å². The van der Waals surface area contributed by atoms with Crippen LogP contribution in [-0.2, 0) is 0 Å². The van der Waals surface area contributed by atoms with Gasteiger partial charge in [0.25, 0.3) is 0 Å². The second-order valence-electron chi connectivity index (χ2n) is 5.51. The summed E-state index contributed by atoms with van der Waals surface area (Å²) < 4.78 is 5.70. The summed E-state index contributed by atoms with van der Waals surface area (Å²) in [5.41, 5.74) is 2.02. The number of aliphatic hydroxyl groups is 2. The van der Waals surface area contributed by atoms with E-state index in [4.69, 9.17) is 4.74 Å². The molecule has 1 aromatic rings. The van der Waals surface area contributed by atoms with Crippen molar-refractivity contribution in [1.82, 2.24) is 5.32 Å². The molecule has 0 amide bonds. The highest BCUT2D eigenvalue weighted by Gasteiger charge is 2.41. The van der Waals surface area contributed by atoms with Gasteiger partial charge in [-0.2, -0.15) is 0 Å². The van der Waals surface area contributed by atoms with Gasteiger partial charge in [0.05, 0.1) is 6.61 Å². The molecule has 19 heavy (non-hydrogen) atoms. The van der Waals surface area contributed by atoms with Gasteiger partial charge in [-0.05, 0) is 37.8 Å². The Kier molecular flexibility index (Phi) is 4.45. The molecule has 0 bridgehead atoms. The molecule has 1 unspecified atom stereocenters. The first-order valence-electron chi connectivity index (χ1n) is 6.79. The number of para-hydroxylation sites is 1. The predicted octanol–water partition coefficient (Wildman–Crippen LogP) is 1.16. The maximum Gasteiger partial charge on any atom is 0.125 e. The summed E-state index contributed by atoms with van der Waals surface area (Å²) in [6.45, 7) is 4.85. The molecule has 0 aromatic heterocycles. The second-order valence-corrected chi connectivity index (χ2v) is 5.51. The number of hydrogen-bond acceptors (Lipinski definition) is 4. The van der Waals surface area contributed by atoms with Crippen LogP contribution in [0.3, 0.4) is 0 Å². The van der Waals surface area contributed by atoms with Crippen molar-refractivity contribution in [3.63, 3.8) is 0 Å². The highest BCUT2D eigenvalue weighted by Crippen LogP contribution is 2.34. The Hall–Kier alpha value is -1.10. The minimum atomic E-state index is -0.567. The number of aryl methyl sites for hydroxylation is 2. The van der Waals surface area contributed by atoms with Gasteiger partial charge < -0.3 is 20.3 Å². The van der Waals surface area contributed by atoms with E-state index >= 15 is 0 Å². The molecule has 0 spiro atoms. The SMILES string of the molecule is Cc1cccc(C)c1OCC(O)CNC1(CO)CC1. The van der Waals surface area contributed by atoms with E-state index in [-0.39, 0.29) is 18.8 Å². The van der Waals surface area contributed by atoms with Crippen molar-refractivity contribution < 1.29 is 14.9 Å². The fourth-order valence-electron chi connectivity index (χ4n) is 2.14. The molecule has 1 aromatic carbocycles. The zero-order valence-electron chi connectivity index (χ0n) is 11.6. The number of rotatable bonds is 7. The predicted molar refractivity (Wildman–Crippen MR) is 74.5 cm³/mol. The normalized spacial score (nSPS) is 18.1. The van der Waals surface area contributed by atoms with Gasteiger partial charge in [0.15, 0.2) is 0 Å². The van der Waals surface area contributed by atoms with Crippen LogP contribution in [0.25, 0.3) is 0 Å². The lowest BCUT2D eigenvalue weighted by Gasteiger charge is -2.19. The van der Waals surface area contributed by atoms with Crippen LogP contribution in [0, 0.1) is 13.8 Å². The lowest BCUT2D eigenvalue weighted by Crippen LogP contribution is -2.41. The molecule has 1 fully saturated rings. The third-order valence-electron chi connectivity index (χ3n) is 3.70. The van der Waals surface area contributed by atoms with Gasteiger partial charge in [0.2, 0.25) is 0 Å². The lowest BCUT2D eigenvalue weighted by atomic mass is 10.1. The zero-order valence-corrected chi connectivity index (χ0v) is 11.6. The van der Waals surface area contributed by atoms with Crippen LogP contribution in [0.5, 0.6) is 5.75 Å². The Bertz CT molecular complexity index is 409. The third-order valence-corrected chi connectivity index (χ3v) is 3.70. The molecule has 4 nitrogen and oxygen atoms in total. The van der Waals surface area contributed by atoms with Gasteiger partial charge in [0, 0.05) is 12.1 Å². The molecule has 1 saturated carbocycles. The Morgan fingerprint density at radius 1 is 1.32 bits per heavy atom. The molecule has 2 rings (SSSR count). The van der Waals surface area contributed by atoms with Gasteiger partial charge in [-0.15, -0.1) is 0 Å². The molecule has 4 heteroatoms. The maximum atomic E-state index is 9.91. The molecule has 0 aliphatic heterocycles. The van der Waals surface area contributed by atoms with Crippen molar-refractivity contribution in [3.05, 3.63) is 29.3 Å². The fraction of sp³-hybridized carbons (Fsp3) is 0.600. The molecule has 1 atom stereocenters. The van der Waals surface area contributed by atoms with Crippen LogP contribution in [0.4, 0.5) is 0 Å². The smallest absolute Gasteiger partial charge is 0.125 e. The van der Waals surface area contributed by atoms with Crippen molar-refractivity contribution in [1.29, 1.82) is 0 Å². The number of benzene rings is 1. The summed E-state index contributed by atoms with van der Waals surface area (Å²) in [6.07, 6.45) is 1.39. The average Bonchev–Trinajstić information content (AvgIpc) is 3.16. The molecule has 1 aliphatic rings. The van der Waals surface area contributed by atoms with E-state index in [0.29, 0.717) is 6.54 Å². The van der Waals surface area contributed by atoms with Crippen LogP contribution < -0.4 is 10.1 Å². The van der Waals surface area contributed by atoms with E-state index < -0.39 is 6.10 Å². The summed E-state index contributed by atoms with van der Waals surface area (Å²) in [7, 11) is 0. The minimum Gasteiger partial charge on any atom is -0.490 e. The van der Waals surface area contributed by atoms with E-state index in [1.165, 1.54) is 0 Å². The summed E-state index contributed by atoms with van der Waals surface area (Å²) in [5, 5.41) is 22.3. The summed E-state index contributed by atoms with van der Waals surface area (Å²) >= 11 is 0. The molecule has 0 heterocycles. The Morgan fingerprint density at radius 3 is 2.47 bits per heavy atom. The van der Waals surface area contributed by atoms with E-state index in [2.05, 4.69) is 5.32 Å². The van der Waals surface area contributed by atoms with Crippen LogP contribution >= 0.6 is 0 Å². The van der Waals surface area contributed by atoms with Gasteiger partial charge in [0.1, 0.15) is 18.5 Å². The number of β-amino-alcohol motifs (C(OH)–C–C–N with tert-alkyl or cyclic N) is 1. The summed E-state index contributed by atoms with van der Waals surface area (Å²) in [6, 6.07) is 5.99. The Balaban J connectivity index is 1.78. The lowest BCUT2D eigenvalue weighted by molar-refractivity contribution is 0.0972. The Labute approximate surface area is 114 Å². The highest BCUT2D eigenvalue weighted by molar-refractivity contribution is 5.39. The van der Waals surface area contributed by atoms with Crippen LogP contribution in [0.1, 0.15) is 24.0 Å². The quantitative estimate of drug-likeness (QED) is 0.692. The number of nitrogens with one attached hydrogen (secondary N) is 1. The number of ether oxygens (including phenoxy) is 1. The van der Waals surface area contributed by atoms with E-state index in [9.17, 15) is 10.2 Å². The fourth-order valence-corrected chi connectivity index (χ4v) is 2.14. The summed E-state index contributed by atoms with van der Waals surface area (Å²) in [4.78, 5) is 0. The van der Waals surface area contributed by atoms with Gasteiger partial charge in [-0.25, -0.2) is 0 Å². The van der Waals surface area contributed by atoms with E-state index in [1.54, 1.807) is 0 Å². The maximum absolute atomic E-state index is 9.91. The third kappa shape index (κ3) is 3.69. The number of aliphatic hydroxyl groups excluding tert-OH is 2. The molecule has 106 valence electrons. The standard InChI is InChI=1S/C15H23NO3/c1-11-4-3-5-12(2)14(11)19-9-13(18)8-16-15(10-17)6-7-15/h3-5,13,16-18H,6-10H2,1-2H3. The second kappa shape index (κ2) is 5.90. The monoisotopic (exact) mass is 265 g/mol. The average molecular weight is 265 g/mol. The van der Waals surface area contributed by atoms with Gasteiger partial charge in [-0.3, -0.25) is 0 Å². The first-order chi connectivity index (χ1) is 9.06. The molecule has 0 radical (unpaired) electrons. The Morgan fingerprint density at radius 2 is 1.95 bits per heavy atom. The van der Waals surface area contributed by atoms with Crippen LogP contribution in [0.2, 0.25) is 0 Å². The summed E-state index contributed by atoms with van der Waals surface area (Å²) in [5.74, 6) is 0.852. The van der Waals surface area contributed by atoms with Gasteiger partial charge in [-0.1, -0.05) is 18.2 Å². The van der Waals surface area contributed by atoms with E-state index in [0.717, 1.165) is 29.7 Å². The minimum absolute atomic E-state index is 0.136. The first kappa shape index (κ1) is 14.3. The van der Waals surface area contributed by atoms with Crippen molar-refractivity contribution in [2.45, 2.75) is 38.3 Å². The van der Waals surface area contributed by atoms with Crippen molar-refractivity contribution in [3.8, 4) is 5.75 Å². The molecular weight excluding hydrogens is 242 g/mol. The van der Waals surface area contributed by atoms with E-state index in [1.807, 2.05) is 32.0 Å². The highest BCUT2D eigenvalue weighted by atomic mass is 16.5. The number of hydrogen-bond donors (Lipinski definition) is 3. The van der Waals surface area contributed by atoms with Gasteiger partial charge >= 0.3 is 0 Å². The van der Waals surface area contributed by atoms with Crippen LogP contribution in [-0.4, -0.2) is 41.6 Å². The molecule has 0 saturated heterocycles. The topological polar surface area (TPSA) is 61.7 Å². The van der Waals surface area contributed by atoms with Crippen molar-refractivity contribution >= 4 is 0 Å². The van der Waals surface area contributed by atoms with Crippen molar-refractivity contribution in [2.24, 2.45) is 0 Å². The molecule has 1 aliphatic carbocycles. The molecular formula is C15H23NO3. The molecule has 3 N–H and O–H groups in total. The van der Waals surface area contributed by atoms with Crippen LogP contribution in [0.15, 0.2) is 18.2 Å². The first-order valence-corrected chi connectivity index (χ1v) is 6.79.